The second-order valence-corrected chi connectivity index (χ2v) is 12.2. The molecule has 3 aliphatic rings. The first-order valence-electron chi connectivity index (χ1n) is 13.4. The Kier molecular flexibility index (Phi) is 6.52. The van der Waals surface area contributed by atoms with E-state index in [1.54, 1.807) is 21.9 Å². The molecule has 1 amide bonds. The lowest BCUT2D eigenvalue weighted by atomic mass is 9.94. The van der Waals surface area contributed by atoms with Crippen LogP contribution in [0.2, 0.25) is 5.02 Å². The molecule has 2 atom stereocenters. The van der Waals surface area contributed by atoms with Crippen molar-refractivity contribution in [2.75, 3.05) is 25.1 Å². The number of rotatable bonds is 4. The molecule has 1 aliphatic carbocycles. The van der Waals surface area contributed by atoms with Crippen molar-refractivity contribution in [3.05, 3.63) is 46.5 Å². The standard InChI is InChI=1S/C29H30ClF3N4O3/c1-29(2,3)40-28(38)37-15-7-8-16(37)13-36(12-15)26-19-11-21(31)23(24(32)25(19)34-27(33)35-26)18-9-17(39-4)10-20(30)22(18)14-5-6-14/h9-11,14-16H,5-8,12-13H2,1-4H3/t15-,16+. The number of hydrogen-bond acceptors (Lipinski definition) is 6. The van der Waals surface area contributed by atoms with E-state index in [-0.39, 0.29) is 45.8 Å². The van der Waals surface area contributed by atoms with Crippen molar-refractivity contribution in [2.24, 2.45) is 0 Å². The lowest BCUT2D eigenvalue weighted by molar-refractivity contribution is 0.0122. The van der Waals surface area contributed by atoms with Gasteiger partial charge in [0.2, 0.25) is 0 Å². The van der Waals surface area contributed by atoms with E-state index in [4.69, 9.17) is 21.1 Å². The average Bonchev–Trinajstić information content (AvgIpc) is 3.66. The van der Waals surface area contributed by atoms with Crippen LogP contribution >= 0.6 is 11.6 Å². The number of piperazine rings is 1. The Morgan fingerprint density at radius 3 is 2.30 bits per heavy atom. The average molecular weight is 575 g/mol. The summed E-state index contributed by atoms with van der Waals surface area (Å²) in [5, 5.41) is 0.427. The van der Waals surface area contributed by atoms with Gasteiger partial charge < -0.3 is 14.4 Å². The Morgan fingerprint density at radius 2 is 1.70 bits per heavy atom. The summed E-state index contributed by atoms with van der Waals surface area (Å²) in [7, 11) is 1.45. The van der Waals surface area contributed by atoms with Gasteiger partial charge in [-0.25, -0.2) is 13.6 Å². The maximum atomic E-state index is 16.2. The van der Waals surface area contributed by atoms with Crippen LogP contribution in [0.15, 0.2) is 18.2 Å². The van der Waals surface area contributed by atoms with Crippen LogP contribution < -0.4 is 9.64 Å². The van der Waals surface area contributed by atoms with E-state index in [1.807, 2.05) is 20.8 Å². The van der Waals surface area contributed by atoms with Gasteiger partial charge in [-0.3, -0.25) is 4.90 Å². The quantitative estimate of drug-likeness (QED) is 0.318. The van der Waals surface area contributed by atoms with E-state index in [0.29, 0.717) is 29.4 Å². The van der Waals surface area contributed by atoms with Crippen LogP contribution in [0.25, 0.3) is 22.0 Å². The summed E-state index contributed by atoms with van der Waals surface area (Å²) >= 11 is 6.52. The monoisotopic (exact) mass is 574 g/mol. The van der Waals surface area contributed by atoms with Crippen LogP contribution in [0.1, 0.15) is 57.9 Å². The van der Waals surface area contributed by atoms with E-state index in [2.05, 4.69) is 9.97 Å². The van der Waals surface area contributed by atoms with Gasteiger partial charge in [0, 0.05) is 23.5 Å². The molecule has 0 unspecified atom stereocenters. The molecule has 3 heterocycles. The SMILES string of the molecule is COc1cc(Cl)c(C2CC2)c(-c2c(F)cc3c(N4C[C@H]5CC[C@@H](C4)N5C(=O)OC(C)(C)C)nc(F)nc3c2F)c1. The molecule has 212 valence electrons. The van der Waals surface area contributed by atoms with E-state index in [1.165, 1.54) is 7.11 Å². The summed E-state index contributed by atoms with van der Waals surface area (Å²) in [6, 6.07) is 3.94. The number of ether oxygens (including phenoxy) is 2. The molecule has 1 aromatic heterocycles. The Hall–Kier alpha value is -3.27. The zero-order valence-electron chi connectivity index (χ0n) is 22.7. The van der Waals surface area contributed by atoms with Crippen molar-refractivity contribution in [1.29, 1.82) is 0 Å². The fourth-order valence-electron chi connectivity index (χ4n) is 6.03. The molecule has 6 rings (SSSR count). The summed E-state index contributed by atoms with van der Waals surface area (Å²) in [5.41, 5.74) is -0.369. The molecule has 7 nitrogen and oxygen atoms in total. The Morgan fingerprint density at radius 1 is 1.02 bits per heavy atom. The predicted octanol–water partition coefficient (Wildman–Crippen LogP) is 6.84. The highest BCUT2D eigenvalue weighted by atomic mass is 35.5. The van der Waals surface area contributed by atoms with Crippen LogP contribution in [0.5, 0.6) is 5.75 Å². The largest absolute Gasteiger partial charge is 0.497 e. The van der Waals surface area contributed by atoms with E-state index < -0.39 is 29.4 Å². The molecule has 0 N–H and O–H groups in total. The van der Waals surface area contributed by atoms with Gasteiger partial charge in [0.15, 0.2) is 5.82 Å². The number of carbonyl (C=O) groups excluding carboxylic acids is 1. The van der Waals surface area contributed by atoms with Crippen LogP contribution in [0.4, 0.5) is 23.8 Å². The fourth-order valence-corrected chi connectivity index (χ4v) is 6.40. The summed E-state index contributed by atoms with van der Waals surface area (Å²) in [6.45, 7) is 6.07. The first kappa shape index (κ1) is 26.9. The van der Waals surface area contributed by atoms with Crippen LogP contribution in [-0.2, 0) is 4.74 Å². The predicted molar refractivity (Wildman–Crippen MR) is 145 cm³/mol. The minimum atomic E-state index is -1.12. The maximum Gasteiger partial charge on any atom is 0.410 e. The molecule has 0 spiro atoms. The summed E-state index contributed by atoms with van der Waals surface area (Å²) in [4.78, 5) is 24.1. The summed E-state index contributed by atoms with van der Waals surface area (Å²) < 4.78 is 57.8. The number of methoxy groups -OCH3 is 1. The number of halogens is 4. The Balaban J connectivity index is 1.42. The first-order valence-corrected chi connectivity index (χ1v) is 13.8. The highest BCUT2D eigenvalue weighted by Gasteiger charge is 2.45. The third kappa shape index (κ3) is 4.70. The van der Waals surface area contributed by atoms with Crippen LogP contribution in [0.3, 0.4) is 0 Å². The third-order valence-corrected chi connectivity index (χ3v) is 8.13. The second kappa shape index (κ2) is 9.68. The number of anilines is 1. The maximum absolute atomic E-state index is 16.2. The van der Waals surface area contributed by atoms with Crippen molar-refractivity contribution < 1.29 is 27.4 Å². The Bertz CT molecular complexity index is 1510. The van der Waals surface area contributed by atoms with Crippen LogP contribution in [0, 0.1) is 17.7 Å². The molecule has 2 aliphatic heterocycles. The minimum Gasteiger partial charge on any atom is -0.497 e. The van der Waals surface area contributed by atoms with E-state index in [0.717, 1.165) is 31.7 Å². The number of nitrogens with zero attached hydrogens (tertiary/aromatic N) is 4. The molecular formula is C29H30ClF3N4O3. The molecule has 1 saturated carbocycles. The zero-order valence-corrected chi connectivity index (χ0v) is 23.5. The van der Waals surface area contributed by atoms with Gasteiger partial charge in [-0.15, -0.1) is 0 Å². The number of carbonyl (C=O) groups is 1. The van der Waals surface area contributed by atoms with E-state index in [9.17, 15) is 9.18 Å². The molecule has 40 heavy (non-hydrogen) atoms. The van der Waals surface area contributed by atoms with Crippen molar-refractivity contribution in [2.45, 2.75) is 70.1 Å². The van der Waals surface area contributed by atoms with Gasteiger partial charge in [-0.1, -0.05) is 11.6 Å². The molecule has 11 heteroatoms. The molecule has 2 saturated heterocycles. The zero-order chi connectivity index (χ0) is 28.5. The molecule has 3 fully saturated rings. The third-order valence-electron chi connectivity index (χ3n) is 7.82. The minimum absolute atomic E-state index is 0.0623. The lowest BCUT2D eigenvalue weighted by Crippen LogP contribution is -2.57. The molecule has 3 aromatic rings. The molecule has 2 bridgehead atoms. The lowest BCUT2D eigenvalue weighted by Gasteiger charge is -2.42. The van der Waals surface area contributed by atoms with Gasteiger partial charge in [-0.05, 0) is 81.7 Å². The summed E-state index contributed by atoms with van der Waals surface area (Å²) in [5.74, 6) is -1.28. The smallest absolute Gasteiger partial charge is 0.410 e. The van der Waals surface area contributed by atoms with Crippen molar-refractivity contribution in [1.82, 2.24) is 14.9 Å². The second-order valence-electron chi connectivity index (χ2n) is 11.8. The number of aromatic nitrogens is 2. The van der Waals surface area contributed by atoms with Crippen molar-refractivity contribution in [3.8, 4) is 16.9 Å². The van der Waals surface area contributed by atoms with Crippen LogP contribution in [-0.4, -0.2) is 58.8 Å². The summed E-state index contributed by atoms with van der Waals surface area (Å²) in [6.07, 6.45) is 1.66. The number of hydrogen-bond donors (Lipinski definition) is 0. The number of amides is 1. The van der Waals surface area contributed by atoms with Crippen molar-refractivity contribution in [3.63, 3.8) is 0 Å². The van der Waals surface area contributed by atoms with Gasteiger partial charge >= 0.3 is 12.2 Å². The highest BCUT2D eigenvalue weighted by Crippen LogP contribution is 2.50. The highest BCUT2D eigenvalue weighted by molar-refractivity contribution is 6.32. The molecule has 2 aromatic carbocycles. The van der Waals surface area contributed by atoms with Gasteiger partial charge in [0.05, 0.1) is 24.8 Å². The topological polar surface area (TPSA) is 67.8 Å². The number of fused-ring (bicyclic) bond motifs is 3. The van der Waals surface area contributed by atoms with Crippen molar-refractivity contribution >= 4 is 34.4 Å². The molecular weight excluding hydrogens is 545 g/mol. The Labute approximate surface area is 235 Å². The normalized spacial score (nSPS) is 20.8. The van der Waals surface area contributed by atoms with E-state index >= 15 is 8.78 Å². The fraction of sp³-hybridized carbons (Fsp3) is 0.483. The van der Waals surface area contributed by atoms with Gasteiger partial charge in [-0.2, -0.15) is 14.4 Å². The first-order chi connectivity index (χ1) is 18.9. The molecule has 0 radical (unpaired) electrons. The van der Waals surface area contributed by atoms with Gasteiger partial charge in [0.1, 0.15) is 28.5 Å². The number of benzene rings is 2. The van der Waals surface area contributed by atoms with Gasteiger partial charge in [0.25, 0.3) is 0 Å².